The van der Waals surface area contributed by atoms with E-state index in [2.05, 4.69) is 22.6 Å². The topological polar surface area (TPSA) is 217 Å². The van der Waals surface area contributed by atoms with Crippen LogP contribution in [0.1, 0.15) is 87.0 Å². The summed E-state index contributed by atoms with van der Waals surface area (Å²) in [6, 6.07) is 8.26. The van der Waals surface area contributed by atoms with Gasteiger partial charge in [0, 0.05) is 67.9 Å². The molecule has 1 aromatic carbocycles. The van der Waals surface area contributed by atoms with Crippen LogP contribution in [0.15, 0.2) is 30.5 Å². The van der Waals surface area contributed by atoms with E-state index in [4.69, 9.17) is 29.4 Å². The van der Waals surface area contributed by atoms with Gasteiger partial charge < -0.3 is 44.7 Å². The minimum atomic E-state index is -1.48. The number of halogens is 1. The summed E-state index contributed by atoms with van der Waals surface area (Å²) in [5.41, 5.74) is 5.74. The first-order chi connectivity index (χ1) is 30.3. The van der Waals surface area contributed by atoms with Crippen LogP contribution in [0, 0.1) is 29.1 Å². The third-order valence-electron chi connectivity index (χ3n) is 13.0. The van der Waals surface area contributed by atoms with Crippen LogP contribution < -0.4 is 11.1 Å². The first-order valence-electron chi connectivity index (χ1n) is 22.2. The number of ether oxygens (including phenoxy) is 5. The second-order valence-electron chi connectivity index (χ2n) is 18.1. The van der Waals surface area contributed by atoms with Gasteiger partial charge in [0.25, 0.3) is 0 Å². The van der Waals surface area contributed by atoms with Crippen LogP contribution in [-0.4, -0.2) is 148 Å². The van der Waals surface area contributed by atoms with E-state index in [-0.39, 0.29) is 42.7 Å². The van der Waals surface area contributed by atoms with Crippen LogP contribution in [-0.2, 0) is 39.8 Å². The van der Waals surface area contributed by atoms with Crippen molar-refractivity contribution in [2.24, 2.45) is 17.8 Å². The molecule has 0 bridgehead atoms. The third-order valence-corrected chi connectivity index (χ3v) is 13.0. The molecule has 4 N–H and O–H groups in total. The molecule has 5 rings (SSSR count). The number of methoxy groups -OCH3 is 1. The molecule has 19 heteroatoms. The number of carbonyl (C=O) groups is 3. The Morgan fingerprint density at radius 2 is 1.84 bits per heavy atom. The molecular weight excluding hydrogens is 848 g/mol. The highest BCUT2D eigenvalue weighted by atomic mass is 32.2. The van der Waals surface area contributed by atoms with Crippen molar-refractivity contribution in [2.75, 3.05) is 46.3 Å². The van der Waals surface area contributed by atoms with Gasteiger partial charge in [0.05, 0.1) is 42.5 Å². The molecular formula is C45H71FN8O9S. The molecule has 1 aromatic heterocycles. The van der Waals surface area contributed by atoms with Gasteiger partial charge in [-0.2, -0.15) is 9.15 Å². The Kier molecular flexibility index (Phi) is 19.4. The SMILES string of the molecule is CC[C@H]1OC(=O)[C@H](CC#N)C(=O)[C@H](C)[C@@H](O[C@@H]2OC(C)CC(N(C)C)C2O)[C@](C)(OC)C[C@@H](C)CN[C@H](C)[C@H]2N(CCCCn3cc(-c4cccc(N)c4)nn3)C(=O)O[C@]12C.CSF. The number of esters is 1. The van der Waals surface area contributed by atoms with E-state index >= 15 is 0 Å². The number of nitrogens with one attached hydrogen (secondary N) is 1. The molecule has 0 spiro atoms. The number of amides is 1. The maximum absolute atomic E-state index is 14.6. The molecule has 3 unspecified atom stereocenters. The van der Waals surface area contributed by atoms with Crippen molar-refractivity contribution in [3.63, 3.8) is 0 Å². The lowest BCUT2D eigenvalue weighted by molar-refractivity contribution is -0.295. The van der Waals surface area contributed by atoms with E-state index < -0.39 is 77.9 Å². The van der Waals surface area contributed by atoms with Gasteiger partial charge in [-0.05, 0) is 98.5 Å². The third kappa shape index (κ3) is 12.5. The van der Waals surface area contributed by atoms with Gasteiger partial charge in [0.1, 0.15) is 23.8 Å². The number of nitrogens with two attached hydrogens (primary N) is 1. The number of carbonyl (C=O) groups excluding carboxylic acids is 3. The molecule has 0 radical (unpaired) electrons. The summed E-state index contributed by atoms with van der Waals surface area (Å²) < 4.78 is 43.5. The molecule has 64 heavy (non-hydrogen) atoms. The number of likely N-dealkylation sites (N-methyl/N-ethyl adjacent to an activating group) is 1. The maximum atomic E-state index is 14.6. The number of aromatic nitrogens is 3. The largest absolute Gasteiger partial charge is 0.457 e. The van der Waals surface area contributed by atoms with Crippen LogP contribution in [0.4, 0.5) is 14.4 Å². The van der Waals surface area contributed by atoms with Gasteiger partial charge in [-0.25, -0.2) is 4.79 Å². The number of rotatable bonds is 12. The number of aliphatic hydroxyl groups excluding tert-OH is 1. The molecule has 358 valence electrons. The van der Waals surface area contributed by atoms with Crippen molar-refractivity contribution >= 4 is 35.7 Å². The number of nitrogen functional groups attached to an aromatic ring is 1. The van der Waals surface area contributed by atoms with Crippen molar-refractivity contribution < 1.29 is 47.1 Å². The van der Waals surface area contributed by atoms with Gasteiger partial charge in [-0.3, -0.25) is 19.2 Å². The van der Waals surface area contributed by atoms with Crippen LogP contribution in [0.5, 0.6) is 0 Å². The standard InChI is InChI=1S/C44H68N8O9.CH3FS/c1-11-35-44(7)38(52(42(56)61-44)20-13-12-19-51-25-33(48-49-51)30-15-14-16-31(46)22-30)29(5)47-24-26(2)23-43(6,57-10)39(28(4)36(53)32(17-18-45)40(55)59-35)60-41-37(54)34(50(8)9)21-27(3)58-41;1-3-2/h14-16,22,25-29,32,34-35,37-39,41,47,54H,11-13,17,19-21,23-24,46H2,1-10H3;1H3/t26-,27?,28+,29-,32-,34?,35-,37?,38-,39-,41+,43-,44-;/m1./s1. The highest BCUT2D eigenvalue weighted by molar-refractivity contribution is 7.93. The zero-order valence-electron chi connectivity index (χ0n) is 39.4. The molecule has 3 aliphatic heterocycles. The highest BCUT2D eigenvalue weighted by Gasteiger charge is 2.59. The number of fused-ring (bicyclic) bond motifs is 1. The lowest BCUT2D eigenvalue weighted by Crippen LogP contribution is -2.61. The van der Waals surface area contributed by atoms with Crippen LogP contribution in [0.3, 0.4) is 0 Å². The number of hydrogen-bond donors (Lipinski definition) is 3. The lowest BCUT2D eigenvalue weighted by Gasteiger charge is -2.46. The minimum absolute atomic E-state index is 0.0658. The average molecular weight is 919 g/mol. The number of nitrogens with zero attached hydrogens (tertiary/aromatic N) is 6. The number of hydrogen-bond acceptors (Lipinski definition) is 16. The maximum Gasteiger partial charge on any atom is 0.410 e. The predicted molar refractivity (Wildman–Crippen MR) is 241 cm³/mol. The summed E-state index contributed by atoms with van der Waals surface area (Å²) in [5, 5.41) is 33.7. The van der Waals surface area contributed by atoms with Crippen molar-refractivity contribution in [3.05, 3.63) is 30.5 Å². The number of aliphatic hydroxyl groups is 1. The summed E-state index contributed by atoms with van der Waals surface area (Å²) in [6.45, 7) is 14.5. The Morgan fingerprint density at radius 1 is 1.16 bits per heavy atom. The first-order valence-corrected chi connectivity index (χ1v) is 23.4. The quantitative estimate of drug-likeness (QED) is 0.105. The van der Waals surface area contributed by atoms with E-state index in [1.165, 1.54) is 6.26 Å². The van der Waals surface area contributed by atoms with Crippen LogP contribution in [0.25, 0.3) is 11.3 Å². The summed E-state index contributed by atoms with van der Waals surface area (Å²) in [7, 11) is 5.31. The number of anilines is 1. The first kappa shape index (κ1) is 52.7. The number of benzene rings is 1. The summed E-state index contributed by atoms with van der Waals surface area (Å²) in [5.74, 6) is -4.00. The van der Waals surface area contributed by atoms with E-state index in [9.17, 15) is 28.6 Å². The molecule has 13 atom stereocenters. The Hall–Kier alpha value is -3.90. The summed E-state index contributed by atoms with van der Waals surface area (Å²) in [4.78, 5) is 46.4. The van der Waals surface area contributed by atoms with Crippen molar-refractivity contribution in [2.45, 2.75) is 154 Å². The predicted octanol–water partition coefficient (Wildman–Crippen LogP) is 5.41. The Balaban J connectivity index is 0.00000291. The zero-order valence-corrected chi connectivity index (χ0v) is 40.2. The smallest absolute Gasteiger partial charge is 0.410 e. The Labute approximate surface area is 382 Å². The normalized spacial score (nSPS) is 34.1. The van der Waals surface area contributed by atoms with Gasteiger partial charge >= 0.3 is 12.1 Å². The monoisotopic (exact) mass is 919 g/mol. The number of cyclic esters (lactones) is 1. The number of Topliss-reactive ketones (excluding diaryl/α,β-unsaturated/α-hetero) is 1. The fourth-order valence-electron chi connectivity index (χ4n) is 9.63. The number of aryl methyl sites for hydroxylation is 1. The van der Waals surface area contributed by atoms with E-state index in [1.54, 1.807) is 30.5 Å². The van der Waals surface area contributed by atoms with E-state index in [0.29, 0.717) is 56.7 Å². The summed E-state index contributed by atoms with van der Waals surface area (Å²) in [6.07, 6.45) is 0.453. The van der Waals surface area contributed by atoms with Gasteiger partial charge in [0.15, 0.2) is 17.7 Å². The molecule has 0 saturated carbocycles. The molecule has 3 fully saturated rings. The van der Waals surface area contributed by atoms with Gasteiger partial charge in [0.2, 0.25) is 0 Å². The molecule has 0 aliphatic carbocycles. The second kappa shape index (κ2) is 23.5. The number of nitriles is 1. The fourth-order valence-corrected chi connectivity index (χ4v) is 9.63. The molecule has 1 amide bonds. The van der Waals surface area contributed by atoms with E-state index in [1.807, 2.05) is 83.2 Å². The number of ketones is 1. The average Bonchev–Trinajstić information content (AvgIpc) is 3.83. The highest BCUT2D eigenvalue weighted by Crippen LogP contribution is 2.40. The molecule has 2 aromatic rings. The second-order valence-corrected chi connectivity index (χ2v) is 18.4. The summed E-state index contributed by atoms with van der Waals surface area (Å²) >= 11 is 0.250. The van der Waals surface area contributed by atoms with Crippen LogP contribution >= 0.6 is 12.1 Å². The number of unbranched alkanes of at least 4 members (excludes halogenated alkanes) is 1. The minimum Gasteiger partial charge on any atom is -0.457 e. The van der Waals surface area contributed by atoms with Crippen molar-refractivity contribution in [1.29, 1.82) is 5.26 Å². The lowest BCUT2D eigenvalue weighted by atomic mass is 9.77. The van der Waals surface area contributed by atoms with Crippen LogP contribution in [0.2, 0.25) is 0 Å². The van der Waals surface area contributed by atoms with E-state index in [0.717, 1.165) is 5.56 Å². The molecule has 17 nitrogen and oxygen atoms in total. The molecule has 3 aliphatic rings. The van der Waals surface area contributed by atoms with Crippen molar-refractivity contribution in [1.82, 2.24) is 30.1 Å². The Bertz CT molecular complexity index is 1890. The Morgan fingerprint density at radius 3 is 2.47 bits per heavy atom. The zero-order chi connectivity index (χ0) is 47.5. The van der Waals surface area contributed by atoms with Gasteiger partial charge in [-0.15, -0.1) is 5.10 Å². The fraction of sp³-hybridized carbons (Fsp3) is 0.733. The molecule has 4 heterocycles. The van der Waals surface area contributed by atoms with Crippen molar-refractivity contribution in [3.8, 4) is 17.3 Å². The van der Waals surface area contributed by atoms with Gasteiger partial charge in [-0.1, -0.05) is 38.1 Å². The molecule has 3 saturated heterocycles.